The van der Waals surface area contributed by atoms with Crippen molar-refractivity contribution < 1.29 is 9.53 Å². The van der Waals surface area contributed by atoms with E-state index >= 15 is 0 Å². The predicted molar refractivity (Wildman–Crippen MR) is 148 cm³/mol. The summed E-state index contributed by atoms with van der Waals surface area (Å²) in [6.45, 7) is 3.62. The van der Waals surface area contributed by atoms with E-state index in [2.05, 4.69) is 41.5 Å². The summed E-state index contributed by atoms with van der Waals surface area (Å²) in [5.74, 6) is -0.165. The highest BCUT2D eigenvalue weighted by Crippen LogP contribution is 2.14. The Bertz CT molecular complexity index is 761. The van der Waals surface area contributed by atoms with Crippen LogP contribution in [0.2, 0.25) is 0 Å². The average Bonchev–Trinajstić information content (AvgIpc) is 2.89. The van der Waals surface area contributed by atoms with Gasteiger partial charge in [-0.1, -0.05) is 103 Å². The molecule has 1 heterocycles. The zero-order valence-corrected chi connectivity index (χ0v) is 22.1. The predicted octanol–water partition coefficient (Wildman–Crippen LogP) is 8.65. The molecule has 0 atom stereocenters. The van der Waals surface area contributed by atoms with Gasteiger partial charge in [0.1, 0.15) is 6.61 Å². The van der Waals surface area contributed by atoms with Gasteiger partial charge in [0.25, 0.3) is 0 Å². The molecule has 1 aromatic carbocycles. The molecule has 1 aromatic heterocycles. The molecule has 4 nitrogen and oxygen atoms in total. The Balaban J connectivity index is 1.40. The molecule has 0 aliphatic rings. The van der Waals surface area contributed by atoms with E-state index in [4.69, 9.17) is 4.74 Å². The van der Waals surface area contributed by atoms with Crippen molar-refractivity contribution in [3.05, 3.63) is 59.9 Å². The maximum absolute atomic E-state index is 12.0. The molecular formula is C31H48N2O2. The van der Waals surface area contributed by atoms with Gasteiger partial charge >= 0.3 is 5.97 Å². The highest BCUT2D eigenvalue weighted by molar-refractivity contribution is 5.69. The van der Waals surface area contributed by atoms with Crippen LogP contribution < -0.4 is 5.32 Å². The maximum Gasteiger partial charge on any atom is 0.306 e. The number of anilines is 1. The average molecular weight is 481 g/mol. The molecular weight excluding hydrogens is 432 g/mol. The van der Waals surface area contributed by atoms with Crippen LogP contribution in [0.4, 0.5) is 5.69 Å². The molecule has 2 rings (SSSR count). The summed E-state index contributed by atoms with van der Waals surface area (Å²) in [6.07, 6.45) is 24.0. The van der Waals surface area contributed by atoms with E-state index in [0.29, 0.717) is 19.4 Å². The molecule has 0 radical (unpaired) electrons. The molecule has 0 saturated heterocycles. The van der Waals surface area contributed by atoms with Gasteiger partial charge in [-0.25, -0.2) is 0 Å². The number of aromatic nitrogens is 1. The molecule has 1 N–H and O–H groups in total. The number of carbonyl (C=O) groups is 1. The third-order valence-electron chi connectivity index (χ3n) is 6.58. The minimum atomic E-state index is -0.165. The number of rotatable bonds is 21. The largest absolute Gasteiger partial charge is 0.461 e. The number of benzene rings is 1. The fourth-order valence-corrected chi connectivity index (χ4v) is 4.30. The van der Waals surface area contributed by atoms with Crippen molar-refractivity contribution in [1.82, 2.24) is 4.98 Å². The lowest BCUT2D eigenvalue weighted by atomic mass is 10.0. The molecule has 0 fully saturated rings. The van der Waals surface area contributed by atoms with E-state index in [1.807, 2.05) is 12.1 Å². The van der Waals surface area contributed by atoms with Gasteiger partial charge in [0.2, 0.25) is 0 Å². The lowest BCUT2D eigenvalue weighted by molar-refractivity contribution is -0.144. The molecule has 0 amide bonds. The van der Waals surface area contributed by atoms with Crippen LogP contribution in [0.1, 0.15) is 114 Å². The normalized spacial score (nSPS) is 10.9. The molecule has 194 valence electrons. The van der Waals surface area contributed by atoms with Crippen molar-refractivity contribution in [2.75, 3.05) is 11.9 Å². The van der Waals surface area contributed by atoms with E-state index in [0.717, 1.165) is 23.4 Å². The number of nitrogens with zero attached hydrogens (tertiary/aromatic N) is 1. The number of hydrogen-bond acceptors (Lipinski definition) is 4. The summed E-state index contributed by atoms with van der Waals surface area (Å²) in [7, 11) is 0. The van der Waals surface area contributed by atoms with Crippen molar-refractivity contribution in [1.29, 1.82) is 0 Å². The summed E-state index contributed by atoms with van der Waals surface area (Å²) in [4.78, 5) is 15.9. The zero-order valence-electron chi connectivity index (χ0n) is 22.1. The summed E-state index contributed by atoms with van der Waals surface area (Å²) >= 11 is 0. The Kier molecular flexibility index (Phi) is 16.4. The van der Waals surface area contributed by atoms with Gasteiger partial charge in [-0.3, -0.25) is 9.78 Å². The molecule has 0 saturated carbocycles. The first kappa shape index (κ1) is 28.9. The highest BCUT2D eigenvalue weighted by atomic mass is 16.5. The molecule has 0 aliphatic carbocycles. The molecule has 2 aromatic rings. The van der Waals surface area contributed by atoms with Gasteiger partial charge in [0.15, 0.2) is 0 Å². The Morgan fingerprint density at radius 3 is 1.83 bits per heavy atom. The lowest BCUT2D eigenvalue weighted by Gasteiger charge is -2.08. The third kappa shape index (κ3) is 15.3. The molecule has 0 spiro atoms. The Labute approximate surface area is 214 Å². The highest BCUT2D eigenvalue weighted by Gasteiger charge is 2.05. The minimum absolute atomic E-state index is 0.165. The van der Waals surface area contributed by atoms with Gasteiger partial charge < -0.3 is 10.1 Å². The Morgan fingerprint density at radius 1 is 0.714 bits per heavy atom. The summed E-state index contributed by atoms with van der Waals surface area (Å²) in [5.41, 5.74) is 3.28. The monoisotopic (exact) mass is 480 g/mol. The quantitative estimate of drug-likeness (QED) is 0.143. The number of carbonyl (C=O) groups excluding carboxylic acids is 1. The van der Waals surface area contributed by atoms with Gasteiger partial charge in [0.05, 0.1) is 0 Å². The van der Waals surface area contributed by atoms with Crippen LogP contribution in [-0.2, 0) is 22.6 Å². The number of hydrogen-bond donors (Lipinski definition) is 1. The molecule has 0 unspecified atom stereocenters. The number of pyridine rings is 1. The maximum atomic E-state index is 12.0. The van der Waals surface area contributed by atoms with E-state index in [1.54, 1.807) is 12.4 Å². The van der Waals surface area contributed by atoms with Crippen molar-refractivity contribution >= 4 is 11.7 Å². The summed E-state index contributed by atoms with van der Waals surface area (Å²) in [5, 5.41) is 3.52. The topological polar surface area (TPSA) is 51.2 Å². The summed E-state index contributed by atoms with van der Waals surface area (Å²) in [6, 6.07) is 12.1. The summed E-state index contributed by atoms with van der Waals surface area (Å²) < 4.78 is 5.33. The smallest absolute Gasteiger partial charge is 0.306 e. The first-order valence-corrected chi connectivity index (χ1v) is 14.2. The number of ether oxygens (including phenoxy) is 1. The van der Waals surface area contributed by atoms with Crippen LogP contribution in [0.5, 0.6) is 0 Å². The zero-order chi connectivity index (χ0) is 24.8. The van der Waals surface area contributed by atoms with Crippen LogP contribution in [0, 0.1) is 0 Å². The van der Waals surface area contributed by atoms with Crippen molar-refractivity contribution in [2.45, 2.75) is 116 Å². The Morgan fingerprint density at radius 2 is 1.26 bits per heavy atom. The number of nitrogens with one attached hydrogen (secondary N) is 1. The van der Waals surface area contributed by atoms with E-state index in [-0.39, 0.29) is 5.97 Å². The van der Waals surface area contributed by atoms with Gasteiger partial charge in [-0.2, -0.15) is 0 Å². The second-order valence-corrected chi connectivity index (χ2v) is 9.74. The first-order valence-electron chi connectivity index (χ1n) is 14.2. The van der Waals surface area contributed by atoms with Crippen LogP contribution in [0.25, 0.3) is 0 Å². The van der Waals surface area contributed by atoms with E-state index in [1.165, 1.54) is 89.9 Å². The van der Waals surface area contributed by atoms with Crippen molar-refractivity contribution in [3.8, 4) is 0 Å². The van der Waals surface area contributed by atoms with Crippen LogP contribution in [-0.4, -0.2) is 17.5 Å². The van der Waals surface area contributed by atoms with Crippen molar-refractivity contribution in [3.63, 3.8) is 0 Å². The lowest BCUT2D eigenvalue weighted by Crippen LogP contribution is -2.06. The fourth-order valence-electron chi connectivity index (χ4n) is 4.30. The SMILES string of the molecule is CCCCCCCCCCCCCCCCNc1ccc(CCC(=O)OCc2ccncc2)cc1. The Hall–Kier alpha value is -2.36. The molecule has 0 bridgehead atoms. The third-order valence-corrected chi connectivity index (χ3v) is 6.58. The molecule has 0 aliphatic heterocycles. The van der Waals surface area contributed by atoms with E-state index < -0.39 is 0 Å². The van der Waals surface area contributed by atoms with Crippen LogP contribution in [0.3, 0.4) is 0 Å². The van der Waals surface area contributed by atoms with Crippen molar-refractivity contribution in [2.24, 2.45) is 0 Å². The second-order valence-electron chi connectivity index (χ2n) is 9.74. The first-order chi connectivity index (χ1) is 17.3. The number of unbranched alkanes of at least 4 members (excludes halogenated alkanes) is 13. The second kappa shape index (κ2) is 19.9. The number of aryl methyl sites for hydroxylation is 1. The molecule has 4 heteroatoms. The molecule has 35 heavy (non-hydrogen) atoms. The van der Waals surface area contributed by atoms with Crippen LogP contribution in [0.15, 0.2) is 48.8 Å². The van der Waals surface area contributed by atoms with Gasteiger partial charge in [-0.05, 0) is 48.2 Å². The standard InChI is InChI=1S/C31H48N2O2/c1-2-3-4-5-6-7-8-9-10-11-12-13-14-15-24-33-30-19-16-28(17-20-30)18-21-31(34)35-27-29-22-25-32-26-23-29/h16-17,19-20,22-23,25-26,33H,2-15,18,21,24,27H2,1H3. The van der Waals surface area contributed by atoms with Gasteiger partial charge in [-0.15, -0.1) is 0 Å². The van der Waals surface area contributed by atoms with Gasteiger partial charge in [0, 0.05) is 31.0 Å². The minimum Gasteiger partial charge on any atom is -0.461 e. The number of esters is 1. The fraction of sp³-hybridized carbons (Fsp3) is 0.613. The van der Waals surface area contributed by atoms with Crippen LogP contribution >= 0.6 is 0 Å². The van der Waals surface area contributed by atoms with E-state index in [9.17, 15) is 4.79 Å².